The van der Waals surface area contributed by atoms with Crippen LogP contribution in [0.3, 0.4) is 0 Å². The van der Waals surface area contributed by atoms with E-state index in [2.05, 4.69) is 15.1 Å². The molecular weight excluding hydrogens is 330 g/mol. The second-order valence-corrected chi connectivity index (χ2v) is 6.24. The molecule has 4 rings (SSSR count). The second-order valence-electron chi connectivity index (χ2n) is 6.24. The highest BCUT2D eigenvalue weighted by molar-refractivity contribution is 5.95. The first kappa shape index (κ1) is 16.3. The van der Waals surface area contributed by atoms with Crippen molar-refractivity contribution in [2.75, 3.05) is 17.2 Å². The van der Waals surface area contributed by atoms with Gasteiger partial charge in [-0.15, -0.1) is 0 Å². The molecule has 0 bridgehead atoms. The van der Waals surface area contributed by atoms with Crippen molar-refractivity contribution in [2.45, 2.75) is 25.7 Å². The van der Waals surface area contributed by atoms with Crippen LogP contribution in [-0.4, -0.2) is 27.6 Å². The van der Waals surface area contributed by atoms with Gasteiger partial charge in [-0.2, -0.15) is 4.98 Å². The minimum absolute atomic E-state index is 0.0419. The first-order valence-electron chi connectivity index (χ1n) is 8.63. The fourth-order valence-electron chi connectivity index (χ4n) is 3.23. The van der Waals surface area contributed by atoms with E-state index in [0.29, 0.717) is 31.1 Å². The molecule has 0 spiro atoms. The number of carbonyl (C=O) groups is 1. The van der Waals surface area contributed by atoms with Crippen LogP contribution in [0, 0.1) is 0 Å². The fourth-order valence-corrected chi connectivity index (χ4v) is 3.23. The molecule has 1 aliphatic rings. The number of benzene rings is 1. The predicted molar refractivity (Wildman–Crippen MR) is 97.4 cm³/mol. The van der Waals surface area contributed by atoms with Crippen LogP contribution in [0.5, 0.6) is 0 Å². The number of nitrogens with zero attached hydrogens (tertiary/aromatic N) is 4. The van der Waals surface area contributed by atoms with E-state index in [1.54, 1.807) is 12.4 Å². The fraction of sp³-hybridized carbons (Fsp3) is 0.263. The first-order chi connectivity index (χ1) is 12.7. The van der Waals surface area contributed by atoms with Gasteiger partial charge >= 0.3 is 0 Å². The van der Waals surface area contributed by atoms with Crippen LogP contribution in [0.25, 0.3) is 11.4 Å². The van der Waals surface area contributed by atoms with Gasteiger partial charge in [0.1, 0.15) is 0 Å². The van der Waals surface area contributed by atoms with Crippen LogP contribution >= 0.6 is 0 Å². The van der Waals surface area contributed by atoms with Crippen molar-refractivity contribution in [1.82, 2.24) is 15.1 Å². The molecule has 0 unspecified atom stereocenters. The van der Waals surface area contributed by atoms with Crippen LogP contribution in [0.2, 0.25) is 0 Å². The molecule has 7 nitrogen and oxygen atoms in total. The molecule has 1 aromatic carbocycles. The quantitative estimate of drug-likeness (QED) is 0.727. The van der Waals surface area contributed by atoms with Gasteiger partial charge in [-0.3, -0.25) is 9.78 Å². The summed E-state index contributed by atoms with van der Waals surface area (Å²) in [5.74, 6) is 1.00. The summed E-state index contributed by atoms with van der Waals surface area (Å²) in [6, 6.07) is 9.35. The average Bonchev–Trinajstić information content (AvgIpc) is 3.16. The third-order valence-electron chi connectivity index (χ3n) is 4.55. The monoisotopic (exact) mass is 349 g/mol. The number of anilines is 2. The van der Waals surface area contributed by atoms with Crippen LogP contribution in [0.1, 0.15) is 24.3 Å². The van der Waals surface area contributed by atoms with Crippen molar-refractivity contribution >= 4 is 17.3 Å². The lowest BCUT2D eigenvalue weighted by atomic mass is 9.99. The summed E-state index contributed by atoms with van der Waals surface area (Å²) < 4.78 is 5.27. The summed E-state index contributed by atoms with van der Waals surface area (Å²) >= 11 is 0. The topological polar surface area (TPSA) is 98.1 Å². The van der Waals surface area contributed by atoms with Crippen LogP contribution < -0.4 is 10.6 Å². The SMILES string of the molecule is Nc1cccc2c1CCCN2C(=O)CCc1nc(-c2ccncc2)no1. The Hall–Kier alpha value is -3.22. The maximum Gasteiger partial charge on any atom is 0.227 e. The molecule has 3 heterocycles. The standard InChI is InChI=1S/C19H19N5O2/c20-15-4-1-5-16-14(15)3-2-12-24(16)18(25)7-6-17-22-19(23-26-17)13-8-10-21-11-9-13/h1,4-5,8-11H,2-3,6-7,12,20H2. The Morgan fingerprint density at radius 2 is 2.08 bits per heavy atom. The van der Waals surface area contributed by atoms with Gasteiger partial charge in [-0.25, -0.2) is 0 Å². The Morgan fingerprint density at radius 1 is 1.23 bits per heavy atom. The van der Waals surface area contributed by atoms with Gasteiger partial charge in [0.25, 0.3) is 0 Å². The number of aryl methyl sites for hydroxylation is 1. The van der Waals surface area contributed by atoms with Gasteiger partial charge in [0.05, 0.1) is 0 Å². The zero-order valence-electron chi connectivity index (χ0n) is 14.3. The van der Waals surface area contributed by atoms with E-state index in [4.69, 9.17) is 10.3 Å². The van der Waals surface area contributed by atoms with Crippen molar-refractivity contribution < 1.29 is 9.32 Å². The highest BCUT2D eigenvalue weighted by atomic mass is 16.5. The molecule has 0 saturated carbocycles. The minimum Gasteiger partial charge on any atom is -0.398 e. The van der Waals surface area contributed by atoms with E-state index in [9.17, 15) is 4.79 Å². The average molecular weight is 349 g/mol. The highest BCUT2D eigenvalue weighted by Gasteiger charge is 2.24. The smallest absolute Gasteiger partial charge is 0.227 e. The summed E-state index contributed by atoms with van der Waals surface area (Å²) in [4.78, 5) is 22.9. The van der Waals surface area contributed by atoms with Crippen LogP contribution in [0.4, 0.5) is 11.4 Å². The number of hydrogen-bond donors (Lipinski definition) is 1. The van der Waals surface area contributed by atoms with E-state index < -0.39 is 0 Å². The molecule has 2 aromatic heterocycles. The van der Waals surface area contributed by atoms with E-state index in [-0.39, 0.29) is 5.91 Å². The van der Waals surface area contributed by atoms with Crippen molar-refractivity contribution in [3.8, 4) is 11.4 Å². The summed E-state index contributed by atoms with van der Waals surface area (Å²) in [5.41, 5.74) is 9.62. The lowest BCUT2D eigenvalue weighted by molar-refractivity contribution is -0.118. The van der Waals surface area contributed by atoms with E-state index in [1.807, 2.05) is 35.2 Å². The summed E-state index contributed by atoms with van der Waals surface area (Å²) in [7, 11) is 0. The van der Waals surface area contributed by atoms with Crippen molar-refractivity contribution in [1.29, 1.82) is 0 Å². The molecule has 0 aliphatic carbocycles. The Balaban J connectivity index is 1.44. The number of amides is 1. The van der Waals surface area contributed by atoms with Gasteiger partial charge in [0, 0.05) is 48.7 Å². The largest absolute Gasteiger partial charge is 0.398 e. The van der Waals surface area contributed by atoms with Gasteiger partial charge in [-0.1, -0.05) is 11.2 Å². The molecular formula is C19H19N5O2. The zero-order valence-corrected chi connectivity index (χ0v) is 14.3. The maximum absolute atomic E-state index is 12.7. The van der Waals surface area contributed by atoms with Gasteiger partial charge in [0.2, 0.25) is 17.6 Å². The number of hydrogen-bond acceptors (Lipinski definition) is 6. The molecule has 0 saturated heterocycles. The molecule has 7 heteroatoms. The maximum atomic E-state index is 12.7. The number of aromatic nitrogens is 3. The Bertz CT molecular complexity index is 923. The summed E-state index contributed by atoms with van der Waals surface area (Å²) in [6.07, 6.45) is 5.89. The van der Waals surface area contributed by atoms with E-state index in [0.717, 1.165) is 35.3 Å². The molecule has 2 N–H and O–H groups in total. The lowest BCUT2D eigenvalue weighted by Gasteiger charge is -2.30. The molecule has 26 heavy (non-hydrogen) atoms. The first-order valence-corrected chi connectivity index (χ1v) is 8.63. The molecule has 3 aromatic rings. The molecule has 132 valence electrons. The van der Waals surface area contributed by atoms with Gasteiger partial charge < -0.3 is 15.2 Å². The summed E-state index contributed by atoms with van der Waals surface area (Å²) in [6.45, 7) is 0.710. The molecule has 1 aliphatic heterocycles. The molecule has 0 fully saturated rings. The van der Waals surface area contributed by atoms with Crippen molar-refractivity contribution in [3.63, 3.8) is 0 Å². The molecule has 0 atom stereocenters. The third-order valence-corrected chi connectivity index (χ3v) is 4.55. The number of rotatable bonds is 4. The Kier molecular flexibility index (Phi) is 4.35. The third kappa shape index (κ3) is 3.15. The van der Waals surface area contributed by atoms with Crippen molar-refractivity contribution in [2.24, 2.45) is 0 Å². The Labute approximate surface area is 150 Å². The van der Waals surface area contributed by atoms with E-state index >= 15 is 0 Å². The number of pyridine rings is 1. The molecule has 0 radical (unpaired) electrons. The molecule has 1 amide bonds. The Morgan fingerprint density at radius 3 is 2.92 bits per heavy atom. The van der Waals surface area contributed by atoms with Crippen LogP contribution in [0.15, 0.2) is 47.2 Å². The van der Waals surface area contributed by atoms with Gasteiger partial charge in [-0.05, 0) is 42.7 Å². The number of nitrogen functional groups attached to an aromatic ring is 1. The number of fused-ring (bicyclic) bond motifs is 1. The van der Waals surface area contributed by atoms with Gasteiger partial charge in [0.15, 0.2) is 0 Å². The number of nitrogens with two attached hydrogens (primary N) is 1. The highest BCUT2D eigenvalue weighted by Crippen LogP contribution is 2.31. The van der Waals surface area contributed by atoms with Crippen molar-refractivity contribution in [3.05, 3.63) is 54.2 Å². The lowest BCUT2D eigenvalue weighted by Crippen LogP contribution is -2.35. The second kappa shape index (κ2) is 6.95. The predicted octanol–water partition coefficient (Wildman–Crippen LogP) is 2.63. The number of carbonyl (C=O) groups excluding carboxylic acids is 1. The normalized spacial score (nSPS) is 13.5. The summed E-state index contributed by atoms with van der Waals surface area (Å²) in [5, 5.41) is 3.97. The van der Waals surface area contributed by atoms with Crippen LogP contribution in [-0.2, 0) is 17.6 Å². The zero-order chi connectivity index (χ0) is 17.9. The van der Waals surface area contributed by atoms with E-state index in [1.165, 1.54) is 0 Å². The minimum atomic E-state index is 0.0419.